The van der Waals surface area contributed by atoms with E-state index in [0.29, 0.717) is 0 Å². The molecule has 5 nitrogen and oxygen atoms in total. The Morgan fingerprint density at radius 1 is 1.00 bits per heavy atom. The van der Waals surface area contributed by atoms with Crippen molar-refractivity contribution >= 4 is 11.5 Å². The van der Waals surface area contributed by atoms with Crippen molar-refractivity contribution in [2.75, 3.05) is 31.1 Å². The van der Waals surface area contributed by atoms with Gasteiger partial charge in [-0.3, -0.25) is 4.40 Å². The fourth-order valence-corrected chi connectivity index (χ4v) is 3.05. The molecule has 0 atom stereocenters. The summed E-state index contributed by atoms with van der Waals surface area (Å²) in [6.07, 6.45) is 2.05. The molecule has 0 spiro atoms. The van der Waals surface area contributed by atoms with Gasteiger partial charge in [-0.1, -0.05) is 12.1 Å². The predicted molar refractivity (Wildman–Crippen MR) is 88.2 cm³/mol. The highest BCUT2D eigenvalue weighted by Gasteiger charge is 2.15. The number of piperazine rings is 1. The number of pyridine rings is 2. The molecule has 22 heavy (non-hydrogen) atoms. The van der Waals surface area contributed by atoms with E-state index < -0.39 is 0 Å². The zero-order valence-corrected chi connectivity index (χ0v) is 12.7. The van der Waals surface area contributed by atoms with Crippen molar-refractivity contribution in [2.24, 2.45) is 0 Å². The molecule has 0 aliphatic carbocycles. The number of aromatic nitrogens is 3. The zero-order valence-electron chi connectivity index (χ0n) is 12.7. The Balaban J connectivity index is 1.80. The molecule has 3 aromatic rings. The van der Waals surface area contributed by atoms with Gasteiger partial charge in [-0.2, -0.15) is 0 Å². The van der Waals surface area contributed by atoms with E-state index in [2.05, 4.69) is 37.8 Å². The number of rotatable bonds is 2. The summed E-state index contributed by atoms with van der Waals surface area (Å²) in [6.45, 7) is 6.08. The molecule has 0 unspecified atom stereocenters. The predicted octanol–water partition coefficient (Wildman–Crippen LogP) is 2.11. The Bertz CT molecular complexity index is 802. The SMILES string of the molecule is Cc1nc2ccccn2c1-c1cccc(N2CCNCC2)n1. The minimum absolute atomic E-state index is 0.962. The topological polar surface area (TPSA) is 45.5 Å². The maximum absolute atomic E-state index is 4.89. The Morgan fingerprint density at radius 3 is 2.73 bits per heavy atom. The summed E-state index contributed by atoms with van der Waals surface area (Å²) in [4.78, 5) is 11.9. The van der Waals surface area contributed by atoms with Crippen LogP contribution in [0.4, 0.5) is 5.82 Å². The molecule has 1 N–H and O–H groups in total. The van der Waals surface area contributed by atoms with E-state index in [9.17, 15) is 0 Å². The van der Waals surface area contributed by atoms with Crippen molar-refractivity contribution < 1.29 is 0 Å². The van der Waals surface area contributed by atoms with Gasteiger partial charge in [0, 0.05) is 32.4 Å². The first kappa shape index (κ1) is 13.3. The molecule has 3 aromatic heterocycles. The number of nitrogens with zero attached hydrogens (tertiary/aromatic N) is 4. The second-order valence-electron chi connectivity index (χ2n) is 5.59. The molecule has 4 heterocycles. The largest absolute Gasteiger partial charge is 0.354 e. The number of aryl methyl sites for hydroxylation is 1. The van der Waals surface area contributed by atoms with Crippen LogP contribution in [0.5, 0.6) is 0 Å². The van der Waals surface area contributed by atoms with Gasteiger partial charge in [0.2, 0.25) is 0 Å². The van der Waals surface area contributed by atoms with Gasteiger partial charge >= 0.3 is 0 Å². The highest BCUT2D eigenvalue weighted by Crippen LogP contribution is 2.25. The minimum Gasteiger partial charge on any atom is -0.354 e. The lowest BCUT2D eigenvalue weighted by atomic mass is 10.2. The third-order valence-corrected chi connectivity index (χ3v) is 4.12. The van der Waals surface area contributed by atoms with Gasteiger partial charge in [-0.15, -0.1) is 0 Å². The third-order valence-electron chi connectivity index (χ3n) is 4.12. The van der Waals surface area contributed by atoms with Crippen LogP contribution in [-0.2, 0) is 0 Å². The number of hydrogen-bond acceptors (Lipinski definition) is 4. The van der Waals surface area contributed by atoms with Crippen LogP contribution in [-0.4, -0.2) is 40.5 Å². The van der Waals surface area contributed by atoms with Crippen LogP contribution in [0.25, 0.3) is 17.0 Å². The van der Waals surface area contributed by atoms with Crippen LogP contribution in [0.1, 0.15) is 5.69 Å². The van der Waals surface area contributed by atoms with Gasteiger partial charge in [0.25, 0.3) is 0 Å². The monoisotopic (exact) mass is 293 g/mol. The number of hydrogen-bond donors (Lipinski definition) is 1. The van der Waals surface area contributed by atoms with Gasteiger partial charge in [0.15, 0.2) is 0 Å². The summed E-state index contributed by atoms with van der Waals surface area (Å²) in [5.74, 6) is 1.05. The maximum Gasteiger partial charge on any atom is 0.137 e. The minimum atomic E-state index is 0.962. The summed E-state index contributed by atoms with van der Waals surface area (Å²) in [5, 5.41) is 3.38. The van der Waals surface area contributed by atoms with Gasteiger partial charge in [-0.05, 0) is 31.2 Å². The standard InChI is InChI=1S/C17H19N5/c1-13-17(22-10-3-2-6-16(22)19-13)14-5-4-7-15(20-14)21-11-8-18-9-12-21/h2-7,10,18H,8-9,11-12H2,1H3. The lowest BCUT2D eigenvalue weighted by Crippen LogP contribution is -2.43. The van der Waals surface area contributed by atoms with E-state index in [1.165, 1.54) is 0 Å². The van der Waals surface area contributed by atoms with Crippen molar-refractivity contribution in [1.82, 2.24) is 19.7 Å². The molecule has 0 radical (unpaired) electrons. The van der Waals surface area contributed by atoms with Crippen molar-refractivity contribution in [2.45, 2.75) is 6.92 Å². The van der Waals surface area contributed by atoms with Crippen LogP contribution < -0.4 is 10.2 Å². The number of nitrogens with one attached hydrogen (secondary N) is 1. The number of fused-ring (bicyclic) bond motifs is 1. The Kier molecular flexibility index (Phi) is 3.27. The van der Waals surface area contributed by atoms with E-state index >= 15 is 0 Å². The van der Waals surface area contributed by atoms with E-state index in [-0.39, 0.29) is 0 Å². The average molecular weight is 293 g/mol. The second-order valence-corrected chi connectivity index (χ2v) is 5.59. The molecular formula is C17H19N5. The molecule has 1 aliphatic rings. The second kappa shape index (κ2) is 5.42. The Morgan fingerprint density at radius 2 is 1.86 bits per heavy atom. The first-order chi connectivity index (χ1) is 10.8. The summed E-state index contributed by atoms with van der Waals surface area (Å²) in [5.41, 5.74) is 4.03. The van der Waals surface area contributed by atoms with Crippen LogP contribution in [0, 0.1) is 6.92 Å². The van der Waals surface area contributed by atoms with E-state index in [4.69, 9.17) is 4.98 Å². The van der Waals surface area contributed by atoms with Gasteiger partial charge in [-0.25, -0.2) is 9.97 Å². The highest BCUT2D eigenvalue weighted by atomic mass is 15.2. The first-order valence-corrected chi connectivity index (χ1v) is 7.70. The zero-order chi connectivity index (χ0) is 14.9. The molecule has 0 amide bonds. The van der Waals surface area contributed by atoms with Crippen LogP contribution in [0.2, 0.25) is 0 Å². The van der Waals surface area contributed by atoms with Gasteiger partial charge < -0.3 is 10.2 Å². The molecule has 112 valence electrons. The number of anilines is 1. The molecule has 0 saturated carbocycles. The Hall–Kier alpha value is -2.40. The lowest BCUT2D eigenvalue weighted by Gasteiger charge is -2.28. The van der Waals surface area contributed by atoms with Crippen molar-refractivity contribution in [3.63, 3.8) is 0 Å². The van der Waals surface area contributed by atoms with Gasteiger partial charge in [0.1, 0.15) is 11.5 Å². The van der Waals surface area contributed by atoms with E-state index in [1.807, 2.05) is 31.3 Å². The smallest absolute Gasteiger partial charge is 0.137 e. The molecule has 1 saturated heterocycles. The maximum atomic E-state index is 4.89. The molecule has 5 heteroatoms. The highest BCUT2D eigenvalue weighted by molar-refractivity contribution is 5.65. The molecule has 1 fully saturated rings. The lowest BCUT2D eigenvalue weighted by molar-refractivity contribution is 0.585. The average Bonchev–Trinajstić information content (AvgIpc) is 2.91. The molecular weight excluding hydrogens is 274 g/mol. The van der Waals surface area contributed by atoms with Crippen LogP contribution >= 0.6 is 0 Å². The van der Waals surface area contributed by atoms with Crippen LogP contribution in [0.15, 0.2) is 42.6 Å². The third kappa shape index (κ3) is 2.23. The molecule has 0 aromatic carbocycles. The summed E-state index contributed by atoms with van der Waals surface area (Å²) in [7, 11) is 0. The molecule has 0 bridgehead atoms. The van der Waals surface area contributed by atoms with Crippen molar-refractivity contribution in [3.8, 4) is 11.4 Å². The summed E-state index contributed by atoms with van der Waals surface area (Å²) in [6, 6.07) is 12.3. The normalized spacial score (nSPS) is 15.4. The van der Waals surface area contributed by atoms with E-state index in [0.717, 1.165) is 54.7 Å². The summed E-state index contributed by atoms with van der Waals surface area (Å²) >= 11 is 0. The number of imidazole rings is 1. The van der Waals surface area contributed by atoms with E-state index in [1.54, 1.807) is 0 Å². The van der Waals surface area contributed by atoms with Crippen LogP contribution in [0.3, 0.4) is 0 Å². The fraction of sp³-hybridized carbons (Fsp3) is 0.294. The molecule has 4 rings (SSSR count). The van der Waals surface area contributed by atoms with Gasteiger partial charge in [0.05, 0.1) is 17.1 Å². The van der Waals surface area contributed by atoms with Crippen molar-refractivity contribution in [3.05, 3.63) is 48.3 Å². The fourth-order valence-electron chi connectivity index (χ4n) is 3.05. The first-order valence-electron chi connectivity index (χ1n) is 7.70. The van der Waals surface area contributed by atoms with Crippen molar-refractivity contribution in [1.29, 1.82) is 0 Å². The quantitative estimate of drug-likeness (QED) is 0.786. The summed E-state index contributed by atoms with van der Waals surface area (Å²) < 4.78 is 2.11. The molecule has 1 aliphatic heterocycles. The Labute approximate surface area is 129 Å².